The Morgan fingerprint density at radius 2 is 1.36 bits per heavy atom. The second-order valence-electron chi connectivity index (χ2n) is 8.99. The van der Waals surface area contributed by atoms with Gasteiger partial charge in [0, 0.05) is 23.3 Å². The normalized spacial score (nSPS) is 10.4. The Morgan fingerprint density at radius 1 is 0.795 bits per heavy atom. The smallest absolute Gasteiger partial charge is 0.337 e. The average Bonchev–Trinajstić information content (AvgIpc) is 3.49. The van der Waals surface area contributed by atoms with Gasteiger partial charge >= 0.3 is 5.97 Å². The first-order valence-corrected chi connectivity index (χ1v) is 15.5. The van der Waals surface area contributed by atoms with Crippen LogP contribution in [0.2, 0.25) is 10.0 Å². The third-order valence-electron chi connectivity index (χ3n) is 6.39. The molecule has 0 N–H and O–H groups in total. The molecular formula is C37H38Cl2N2O3. The molecule has 7 heteroatoms. The van der Waals surface area contributed by atoms with Gasteiger partial charge in [-0.1, -0.05) is 93.4 Å². The summed E-state index contributed by atoms with van der Waals surface area (Å²) in [6, 6.07) is 28.5. The summed E-state index contributed by atoms with van der Waals surface area (Å²) < 4.78 is 12.7. The molecule has 5 rings (SSSR count). The highest BCUT2D eigenvalue weighted by Crippen LogP contribution is 2.30. The second-order valence-corrected chi connectivity index (χ2v) is 9.84. The predicted octanol–water partition coefficient (Wildman–Crippen LogP) is 11.3. The minimum Gasteiger partial charge on any atom is -0.465 e. The number of hydrogen-bond acceptors (Lipinski definition) is 4. The number of rotatable bonds is 8. The lowest BCUT2D eigenvalue weighted by atomic mass is 10.0. The van der Waals surface area contributed by atoms with Crippen molar-refractivity contribution >= 4 is 41.3 Å². The maximum absolute atomic E-state index is 11.6. The van der Waals surface area contributed by atoms with Crippen molar-refractivity contribution in [1.82, 2.24) is 9.55 Å². The van der Waals surface area contributed by atoms with Crippen molar-refractivity contribution in [2.24, 2.45) is 0 Å². The summed E-state index contributed by atoms with van der Waals surface area (Å²) in [7, 11) is 1.36. The molecule has 0 unspecified atom stereocenters. The molecular weight excluding hydrogens is 591 g/mol. The summed E-state index contributed by atoms with van der Waals surface area (Å²) in [6.07, 6.45) is 6.06. The van der Waals surface area contributed by atoms with Crippen LogP contribution in [-0.2, 0) is 11.3 Å². The zero-order valence-electron chi connectivity index (χ0n) is 26.0. The third kappa shape index (κ3) is 8.85. The van der Waals surface area contributed by atoms with E-state index in [0.717, 1.165) is 40.3 Å². The van der Waals surface area contributed by atoms with Gasteiger partial charge in [0.15, 0.2) is 0 Å². The third-order valence-corrected chi connectivity index (χ3v) is 6.94. The average molecular weight is 630 g/mol. The van der Waals surface area contributed by atoms with Gasteiger partial charge in [0.2, 0.25) is 0 Å². The molecule has 0 atom stereocenters. The minimum absolute atomic E-state index is 0.377. The first-order valence-electron chi connectivity index (χ1n) is 14.7. The van der Waals surface area contributed by atoms with Crippen molar-refractivity contribution in [2.75, 3.05) is 7.11 Å². The molecule has 0 aliphatic heterocycles. The van der Waals surface area contributed by atoms with Crippen molar-refractivity contribution in [1.29, 1.82) is 0 Å². The Bertz CT molecular complexity index is 1660. The van der Waals surface area contributed by atoms with Crippen LogP contribution in [0.15, 0.2) is 97.2 Å². The SMILES string of the molecule is CC.CC.CCn1cc(-c2ccc(Cl)cc2Cl)nc1/C=C/c1ccc(-c2ccc(Oc3ccc(C(=O)OC)cc3)cc2)cc1. The predicted molar refractivity (Wildman–Crippen MR) is 185 cm³/mol. The summed E-state index contributed by atoms with van der Waals surface area (Å²) in [5, 5.41) is 1.17. The van der Waals surface area contributed by atoms with E-state index in [9.17, 15) is 4.79 Å². The van der Waals surface area contributed by atoms with Gasteiger partial charge in [-0.05, 0) is 84.3 Å². The summed E-state index contributed by atoms with van der Waals surface area (Å²) in [6.45, 7) is 10.9. The fourth-order valence-corrected chi connectivity index (χ4v) is 4.73. The van der Waals surface area contributed by atoms with E-state index in [1.54, 1.807) is 30.3 Å². The number of ether oxygens (including phenoxy) is 2. The maximum Gasteiger partial charge on any atom is 0.337 e. The molecule has 0 amide bonds. The van der Waals surface area contributed by atoms with Crippen LogP contribution < -0.4 is 4.74 Å². The molecule has 0 fully saturated rings. The fraction of sp³-hybridized carbons (Fsp3) is 0.189. The maximum atomic E-state index is 11.6. The van der Waals surface area contributed by atoms with Gasteiger partial charge in [-0.15, -0.1) is 0 Å². The monoisotopic (exact) mass is 628 g/mol. The van der Waals surface area contributed by atoms with Gasteiger partial charge in [0.05, 0.1) is 23.4 Å². The number of imidazole rings is 1. The Kier molecular flexibility index (Phi) is 13.3. The van der Waals surface area contributed by atoms with Gasteiger partial charge in [-0.25, -0.2) is 9.78 Å². The highest BCUT2D eigenvalue weighted by Gasteiger charge is 2.11. The van der Waals surface area contributed by atoms with Crippen molar-refractivity contribution < 1.29 is 14.3 Å². The lowest BCUT2D eigenvalue weighted by Crippen LogP contribution is -2.00. The van der Waals surface area contributed by atoms with E-state index in [2.05, 4.69) is 35.8 Å². The zero-order chi connectivity index (χ0) is 32.1. The molecule has 0 aliphatic rings. The summed E-state index contributed by atoms with van der Waals surface area (Å²) in [4.78, 5) is 16.4. The first kappa shape index (κ1) is 34.2. The van der Waals surface area contributed by atoms with Crippen molar-refractivity contribution in [2.45, 2.75) is 41.2 Å². The number of aromatic nitrogens is 2. The van der Waals surface area contributed by atoms with E-state index in [1.165, 1.54) is 7.11 Å². The molecule has 0 saturated heterocycles. The van der Waals surface area contributed by atoms with Gasteiger partial charge < -0.3 is 14.0 Å². The molecule has 5 nitrogen and oxygen atoms in total. The van der Waals surface area contributed by atoms with E-state index in [-0.39, 0.29) is 5.97 Å². The molecule has 228 valence electrons. The molecule has 0 saturated carbocycles. The van der Waals surface area contributed by atoms with Crippen LogP contribution in [0.25, 0.3) is 34.5 Å². The molecule has 0 bridgehead atoms. The van der Waals surface area contributed by atoms with Crippen LogP contribution in [0.1, 0.15) is 56.4 Å². The quantitative estimate of drug-likeness (QED) is 0.160. The number of esters is 1. The standard InChI is InChI=1S/C33H26Cl2N2O3.2C2H6/c1-3-37-21-31(29-18-13-26(34)20-30(29)35)36-32(37)19-6-22-4-7-23(8-5-22)24-9-14-27(15-10-24)40-28-16-11-25(12-17-28)33(38)39-2;2*1-2/h4-21H,3H2,1-2H3;2*1-2H3/b19-6+;;. The van der Waals surface area contributed by atoms with E-state index >= 15 is 0 Å². The van der Waals surface area contributed by atoms with E-state index in [1.807, 2.05) is 82.4 Å². The van der Waals surface area contributed by atoms with Crippen LogP contribution in [0, 0.1) is 0 Å². The van der Waals surface area contributed by atoms with E-state index in [4.69, 9.17) is 37.7 Å². The molecule has 0 aliphatic carbocycles. The van der Waals surface area contributed by atoms with Crippen LogP contribution in [-0.4, -0.2) is 22.6 Å². The summed E-state index contributed by atoms with van der Waals surface area (Å²) in [5.41, 5.74) is 5.38. The Morgan fingerprint density at radius 3 is 1.91 bits per heavy atom. The second kappa shape index (κ2) is 17.1. The van der Waals surface area contributed by atoms with E-state index < -0.39 is 0 Å². The number of nitrogens with zero attached hydrogens (tertiary/aromatic N) is 2. The largest absolute Gasteiger partial charge is 0.465 e. The topological polar surface area (TPSA) is 53.4 Å². The molecule has 1 aromatic heterocycles. The van der Waals surface area contributed by atoms with Gasteiger partial charge in [-0.2, -0.15) is 0 Å². The van der Waals surface area contributed by atoms with Gasteiger partial charge in [0.25, 0.3) is 0 Å². The molecule has 0 radical (unpaired) electrons. The van der Waals surface area contributed by atoms with Crippen LogP contribution in [0.5, 0.6) is 11.5 Å². The molecule has 4 aromatic carbocycles. The highest BCUT2D eigenvalue weighted by atomic mass is 35.5. The molecule has 44 heavy (non-hydrogen) atoms. The van der Waals surface area contributed by atoms with Gasteiger partial charge in [0.1, 0.15) is 17.3 Å². The lowest BCUT2D eigenvalue weighted by molar-refractivity contribution is 0.0600. The number of halogens is 2. The number of hydrogen-bond donors (Lipinski definition) is 0. The Labute approximate surface area is 270 Å². The number of methoxy groups -OCH3 is 1. The zero-order valence-corrected chi connectivity index (χ0v) is 27.5. The Hall–Kier alpha value is -4.32. The van der Waals surface area contributed by atoms with Crippen LogP contribution in [0.4, 0.5) is 0 Å². The van der Waals surface area contributed by atoms with Gasteiger partial charge in [-0.3, -0.25) is 0 Å². The Balaban J connectivity index is 0.00000127. The van der Waals surface area contributed by atoms with Crippen molar-refractivity contribution in [3.05, 3.63) is 124 Å². The number of carbonyl (C=O) groups is 1. The minimum atomic E-state index is -0.377. The van der Waals surface area contributed by atoms with Crippen LogP contribution in [0.3, 0.4) is 0 Å². The fourth-order valence-electron chi connectivity index (χ4n) is 4.23. The molecule has 1 heterocycles. The first-order chi connectivity index (χ1) is 21.4. The summed E-state index contributed by atoms with van der Waals surface area (Å²) in [5.74, 6) is 1.82. The number of aryl methyl sites for hydroxylation is 1. The van der Waals surface area contributed by atoms with Crippen LogP contribution >= 0.6 is 23.2 Å². The number of carbonyl (C=O) groups excluding carboxylic acids is 1. The van der Waals surface area contributed by atoms with Crippen molar-refractivity contribution in [3.8, 4) is 33.9 Å². The number of benzene rings is 4. The molecule has 0 spiro atoms. The highest BCUT2D eigenvalue weighted by molar-refractivity contribution is 6.36. The summed E-state index contributed by atoms with van der Waals surface area (Å²) >= 11 is 12.4. The van der Waals surface area contributed by atoms with Crippen molar-refractivity contribution in [3.63, 3.8) is 0 Å². The van der Waals surface area contributed by atoms with E-state index in [0.29, 0.717) is 27.1 Å². The molecule has 5 aromatic rings. The lowest BCUT2D eigenvalue weighted by Gasteiger charge is -2.08.